The topological polar surface area (TPSA) is 118 Å². The van der Waals surface area contributed by atoms with Crippen molar-refractivity contribution >= 4 is 34.2 Å². The Labute approximate surface area is 196 Å². The highest BCUT2D eigenvalue weighted by Crippen LogP contribution is 2.40. The number of H-pyrrole nitrogens is 1. The molecule has 0 bridgehead atoms. The molecule has 0 atom stereocenters. The molecule has 0 aliphatic heterocycles. The smallest absolute Gasteiger partial charge is 0.335 e. The molecule has 0 saturated carbocycles. The number of hydrogen-bond acceptors (Lipinski definition) is 6. The Balaban J connectivity index is 1.64. The fourth-order valence-electron chi connectivity index (χ4n) is 4.41. The van der Waals surface area contributed by atoms with Gasteiger partial charge in [0.2, 0.25) is 0 Å². The van der Waals surface area contributed by atoms with Gasteiger partial charge in [-0.05, 0) is 61.2 Å². The standard InChI is InChI=1S/C26H26N2O6/c1-33-17-9-6-15(7-10-17)23(29)14-27-13-22-24(18-4-3-5-19(18)26(32)34-2)20-11-8-16(25(30)31)12-21(20)28-22/h6-12,27-28H,3-5,13-14H2,1-2H3,(H,30,31). The van der Waals surface area contributed by atoms with Crippen LogP contribution in [0.1, 0.15) is 51.2 Å². The summed E-state index contributed by atoms with van der Waals surface area (Å²) in [5.74, 6) is -0.751. The second-order valence-corrected chi connectivity index (χ2v) is 8.10. The highest BCUT2D eigenvalue weighted by Gasteiger charge is 2.27. The van der Waals surface area contributed by atoms with Crippen molar-refractivity contribution in [3.05, 3.63) is 70.4 Å². The van der Waals surface area contributed by atoms with Crippen LogP contribution in [0.4, 0.5) is 0 Å². The second-order valence-electron chi connectivity index (χ2n) is 8.10. The molecule has 8 nitrogen and oxygen atoms in total. The molecular weight excluding hydrogens is 436 g/mol. The van der Waals surface area contributed by atoms with Gasteiger partial charge in [-0.3, -0.25) is 4.79 Å². The molecule has 0 radical (unpaired) electrons. The molecule has 0 unspecified atom stereocenters. The largest absolute Gasteiger partial charge is 0.497 e. The Kier molecular flexibility index (Phi) is 6.79. The molecule has 0 amide bonds. The van der Waals surface area contributed by atoms with E-state index in [-0.39, 0.29) is 23.9 Å². The van der Waals surface area contributed by atoms with Crippen molar-refractivity contribution in [3.63, 3.8) is 0 Å². The average molecular weight is 463 g/mol. The Morgan fingerprint density at radius 3 is 2.44 bits per heavy atom. The van der Waals surface area contributed by atoms with E-state index in [1.54, 1.807) is 49.6 Å². The van der Waals surface area contributed by atoms with Crippen LogP contribution in [0.25, 0.3) is 16.5 Å². The molecule has 3 N–H and O–H groups in total. The fraction of sp³-hybridized carbons (Fsp3) is 0.269. The number of hydrogen-bond donors (Lipinski definition) is 3. The lowest BCUT2D eigenvalue weighted by atomic mass is 9.97. The highest BCUT2D eigenvalue weighted by molar-refractivity contribution is 6.05. The first kappa shape index (κ1) is 23.3. The first-order valence-corrected chi connectivity index (χ1v) is 11.0. The number of carbonyl (C=O) groups is 3. The number of fused-ring (bicyclic) bond motifs is 1. The lowest BCUT2D eigenvalue weighted by Crippen LogP contribution is -2.23. The molecule has 0 saturated heterocycles. The number of carbonyl (C=O) groups excluding carboxylic acids is 2. The van der Waals surface area contributed by atoms with Gasteiger partial charge in [-0.25, -0.2) is 9.59 Å². The van der Waals surface area contributed by atoms with E-state index in [2.05, 4.69) is 10.3 Å². The van der Waals surface area contributed by atoms with Gasteiger partial charge in [-0.1, -0.05) is 6.07 Å². The quantitative estimate of drug-likeness (QED) is 0.325. The maximum atomic E-state index is 12.6. The van der Waals surface area contributed by atoms with Crippen molar-refractivity contribution in [3.8, 4) is 5.75 Å². The number of aromatic nitrogens is 1. The third-order valence-electron chi connectivity index (χ3n) is 6.07. The van der Waals surface area contributed by atoms with Crippen LogP contribution in [0.2, 0.25) is 0 Å². The summed E-state index contributed by atoms with van der Waals surface area (Å²) >= 11 is 0. The number of ether oxygens (including phenoxy) is 2. The SMILES string of the molecule is COC(=O)C1=C(c2c(CNCC(=O)c3ccc(OC)cc3)[nH]c3cc(C(=O)O)ccc23)CCC1. The van der Waals surface area contributed by atoms with Crippen LogP contribution in [0.5, 0.6) is 5.75 Å². The summed E-state index contributed by atoms with van der Waals surface area (Å²) in [7, 11) is 2.94. The molecule has 176 valence electrons. The predicted octanol–water partition coefficient (Wildman–Crippen LogP) is 3.96. The molecular formula is C26H26N2O6. The summed E-state index contributed by atoms with van der Waals surface area (Å²) < 4.78 is 10.1. The van der Waals surface area contributed by atoms with Crippen LogP contribution >= 0.6 is 0 Å². The van der Waals surface area contributed by atoms with Crippen molar-refractivity contribution in [2.45, 2.75) is 25.8 Å². The number of carboxylic acid groups (broad SMARTS) is 1. The Morgan fingerprint density at radius 2 is 1.76 bits per heavy atom. The monoisotopic (exact) mass is 462 g/mol. The minimum atomic E-state index is -1.02. The number of carboxylic acids is 1. The Hall–Kier alpha value is -3.91. The van der Waals surface area contributed by atoms with Gasteiger partial charge < -0.3 is 24.9 Å². The van der Waals surface area contributed by atoms with E-state index >= 15 is 0 Å². The Morgan fingerprint density at radius 1 is 1.03 bits per heavy atom. The lowest BCUT2D eigenvalue weighted by molar-refractivity contribution is -0.136. The van der Waals surface area contributed by atoms with Crippen LogP contribution < -0.4 is 10.1 Å². The van der Waals surface area contributed by atoms with E-state index in [0.717, 1.165) is 35.1 Å². The Bertz CT molecular complexity index is 1290. The number of benzene rings is 2. The second kappa shape index (κ2) is 9.93. The number of Topliss-reactive ketones (excluding diaryl/α,β-unsaturated/α-hetero) is 1. The van der Waals surface area contributed by atoms with Gasteiger partial charge in [-0.2, -0.15) is 0 Å². The molecule has 0 fully saturated rings. The zero-order chi connectivity index (χ0) is 24.2. The van der Waals surface area contributed by atoms with Gasteiger partial charge in [0.15, 0.2) is 5.78 Å². The molecule has 1 heterocycles. The van der Waals surface area contributed by atoms with Crippen LogP contribution in [0.3, 0.4) is 0 Å². The van der Waals surface area contributed by atoms with Crippen molar-refractivity contribution in [1.82, 2.24) is 10.3 Å². The van der Waals surface area contributed by atoms with Crippen molar-refractivity contribution in [2.75, 3.05) is 20.8 Å². The summed E-state index contributed by atoms with van der Waals surface area (Å²) in [6.07, 6.45) is 2.18. The molecule has 1 aromatic heterocycles. The number of esters is 1. The third kappa shape index (κ3) is 4.58. The molecule has 0 spiro atoms. The number of aromatic amines is 1. The number of ketones is 1. The zero-order valence-corrected chi connectivity index (χ0v) is 19.1. The summed E-state index contributed by atoms with van der Waals surface area (Å²) in [4.78, 5) is 39.7. The first-order valence-electron chi connectivity index (χ1n) is 11.0. The number of allylic oxidation sites excluding steroid dienone is 1. The van der Waals surface area contributed by atoms with Crippen molar-refractivity contribution < 1.29 is 29.0 Å². The van der Waals surface area contributed by atoms with Gasteiger partial charge in [-0.15, -0.1) is 0 Å². The zero-order valence-electron chi connectivity index (χ0n) is 19.1. The van der Waals surface area contributed by atoms with E-state index in [1.807, 2.05) is 0 Å². The molecule has 1 aliphatic carbocycles. The number of rotatable bonds is 9. The van der Waals surface area contributed by atoms with E-state index in [4.69, 9.17) is 9.47 Å². The predicted molar refractivity (Wildman–Crippen MR) is 127 cm³/mol. The van der Waals surface area contributed by atoms with E-state index in [0.29, 0.717) is 35.4 Å². The number of aromatic carboxylic acids is 1. The van der Waals surface area contributed by atoms with Gasteiger partial charge in [0.05, 0.1) is 26.3 Å². The van der Waals surface area contributed by atoms with E-state index in [9.17, 15) is 19.5 Å². The summed E-state index contributed by atoms with van der Waals surface area (Å²) in [5.41, 5.74) is 4.61. The molecule has 8 heteroatoms. The van der Waals surface area contributed by atoms with Gasteiger partial charge in [0, 0.05) is 39.8 Å². The van der Waals surface area contributed by atoms with Gasteiger partial charge >= 0.3 is 11.9 Å². The summed E-state index contributed by atoms with van der Waals surface area (Å²) in [6, 6.07) is 11.8. The minimum Gasteiger partial charge on any atom is -0.497 e. The number of nitrogens with one attached hydrogen (secondary N) is 2. The van der Waals surface area contributed by atoms with Gasteiger partial charge in [0.1, 0.15) is 5.75 Å². The summed E-state index contributed by atoms with van der Waals surface area (Å²) in [5, 5.41) is 13.4. The van der Waals surface area contributed by atoms with Crippen LogP contribution in [0.15, 0.2) is 48.0 Å². The van der Waals surface area contributed by atoms with E-state index < -0.39 is 5.97 Å². The first-order chi connectivity index (χ1) is 16.4. The molecule has 34 heavy (non-hydrogen) atoms. The number of methoxy groups -OCH3 is 2. The fourth-order valence-corrected chi connectivity index (χ4v) is 4.41. The average Bonchev–Trinajstić information content (AvgIpc) is 3.47. The highest BCUT2D eigenvalue weighted by atomic mass is 16.5. The van der Waals surface area contributed by atoms with Crippen molar-refractivity contribution in [1.29, 1.82) is 0 Å². The van der Waals surface area contributed by atoms with Gasteiger partial charge in [0.25, 0.3) is 0 Å². The molecule has 2 aromatic carbocycles. The third-order valence-corrected chi connectivity index (χ3v) is 6.07. The maximum Gasteiger partial charge on any atom is 0.335 e. The molecule has 1 aliphatic rings. The van der Waals surface area contributed by atoms with Crippen molar-refractivity contribution in [2.24, 2.45) is 0 Å². The van der Waals surface area contributed by atoms with E-state index in [1.165, 1.54) is 7.11 Å². The summed E-state index contributed by atoms with van der Waals surface area (Å²) in [6.45, 7) is 0.455. The minimum absolute atomic E-state index is 0.0659. The van der Waals surface area contributed by atoms with Crippen LogP contribution in [0, 0.1) is 0 Å². The molecule has 3 aromatic rings. The maximum absolute atomic E-state index is 12.6. The lowest BCUT2D eigenvalue weighted by Gasteiger charge is -2.10. The normalized spacial score (nSPS) is 13.4. The van der Waals surface area contributed by atoms with Crippen LogP contribution in [-0.4, -0.2) is 48.6 Å². The molecule has 4 rings (SSSR count). The van der Waals surface area contributed by atoms with Crippen LogP contribution in [-0.2, 0) is 16.1 Å².